The Hall–Kier alpha value is -0.870. The number of nitrogens with one attached hydrogen (secondary N) is 2. The topological polar surface area (TPSA) is 56.1 Å². The van der Waals surface area contributed by atoms with Gasteiger partial charge in [-0.1, -0.05) is 15.9 Å². The van der Waals surface area contributed by atoms with Gasteiger partial charge in [-0.05, 0) is 18.2 Å². The Morgan fingerprint density at radius 1 is 1.57 bits per heavy atom. The van der Waals surface area contributed by atoms with E-state index in [4.69, 9.17) is 10.5 Å². The fourth-order valence-corrected chi connectivity index (χ4v) is 1.59. The smallest absolute Gasteiger partial charge is 0.0486 e. The van der Waals surface area contributed by atoms with Crippen molar-refractivity contribution in [2.75, 3.05) is 19.0 Å². The molecule has 3 N–H and O–H groups in total. The van der Waals surface area contributed by atoms with Crippen LogP contribution in [0.5, 0.6) is 0 Å². The highest BCUT2D eigenvalue weighted by Crippen LogP contribution is 2.22. The lowest BCUT2D eigenvalue weighted by atomic mass is 10.1. The van der Waals surface area contributed by atoms with Crippen LogP contribution in [0.3, 0.4) is 0 Å². The zero-order valence-electron chi connectivity index (χ0n) is 7.97. The Morgan fingerprint density at radius 3 is 2.86 bits per heavy atom. The van der Waals surface area contributed by atoms with Gasteiger partial charge in [0, 0.05) is 41.5 Å². The lowest BCUT2D eigenvalue weighted by Crippen LogP contribution is -2.05. The summed E-state index contributed by atoms with van der Waals surface area (Å²) in [7, 11) is 1.82. The third kappa shape index (κ3) is 2.56. The van der Waals surface area contributed by atoms with E-state index >= 15 is 0 Å². The van der Waals surface area contributed by atoms with E-state index in [0.717, 1.165) is 15.7 Å². The van der Waals surface area contributed by atoms with E-state index < -0.39 is 0 Å². The second kappa shape index (κ2) is 5.12. The molecule has 0 bridgehead atoms. The average Bonchev–Trinajstić information content (AvgIpc) is 2.17. The average molecular weight is 257 g/mol. The van der Waals surface area contributed by atoms with E-state index in [1.165, 1.54) is 0 Å². The maximum atomic E-state index is 8.75. The van der Waals surface area contributed by atoms with Gasteiger partial charge in [0.15, 0.2) is 0 Å². The van der Waals surface area contributed by atoms with Crippen molar-refractivity contribution in [3.8, 4) is 0 Å². The Bertz CT molecular complexity index is 339. The SMILES string of the molecule is CNc1cc(Br)ccc1C(=N)CCO. The first kappa shape index (κ1) is 11.2. The van der Waals surface area contributed by atoms with Crippen LogP contribution in [0, 0.1) is 5.41 Å². The molecule has 0 radical (unpaired) electrons. The molecule has 0 aromatic heterocycles. The molecule has 0 saturated heterocycles. The van der Waals surface area contributed by atoms with Crippen LogP contribution < -0.4 is 5.32 Å². The lowest BCUT2D eigenvalue weighted by Gasteiger charge is -2.09. The summed E-state index contributed by atoms with van der Waals surface area (Å²) >= 11 is 3.37. The summed E-state index contributed by atoms with van der Waals surface area (Å²) in [5.74, 6) is 0. The fourth-order valence-electron chi connectivity index (χ4n) is 1.23. The Labute approximate surface area is 91.8 Å². The third-order valence-electron chi connectivity index (χ3n) is 1.94. The van der Waals surface area contributed by atoms with E-state index in [1.54, 1.807) is 0 Å². The Kier molecular flexibility index (Phi) is 4.10. The number of anilines is 1. The normalized spacial score (nSPS) is 9.93. The Balaban J connectivity index is 3.01. The zero-order chi connectivity index (χ0) is 10.6. The van der Waals surface area contributed by atoms with Crippen molar-refractivity contribution in [1.29, 1.82) is 5.41 Å². The van der Waals surface area contributed by atoms with Crippen molar-refractivity contribution in [3.63, 3.8) is 0 Å². The molecule has 0 unspecified atom stereocenters. The molecule has 1 rings (SSSR count). The molecule has 0 spiro atoms. The minimum absolute atomic E-state index is 0.0120. The summed E-state index contributed by atoms with van der Waals surface area (Å²) in [5, 5.41) is 19.5. The van der Waals surface area contributed by atoms with Gasteiger partial charge in [-0.25, -0.2) is 0 Å². The molecular weight excluding hydrogens is 244 g/mol. The van der Waals surface area contributed by atoms with Gasteiger partial charge in [-0.2, -0.15) is 0 Å². The number of aliphatic hydroxyl groups excluding tert-OH is 1. The van der Waals surface area contributed by atoms with E-state index in [9.17, 15) is 0 Å². The summed E-state index contributed by atoms with van der Waals surface area (Å²) in [6.45, 7) is 0.0120. The van der Waals surface area contributed by atoms with Gasteiger partial charge in [0.2, 0.25) is 0 Å². The summed E-state index contributed by atoms with van der Waals surface area (Å²) in [4.78, 5) is 0. The maximum Gasteiger partial charge on any atom is 0.0486 e. The van der Waals surface area contributed by atoms with E-state index in [1.807, 2.05) is 25.2 Å². The molecule has 0 saturated carbocycles. The molecule has 3 nitrogen and oxygen atoms in total. The van der Waals surface area contributed by atoms with Crippen LogP contribution in [-0.2, 0) is 0 Å². The first-order chi connectivity index (χ1) is 6.69. The zero-order valence-corrected chi connectivity index (χ0v) is 9.56. The first-order valence-electron chi connectivity index (χ1n) is 4.35. The third-order valence-corrected chi connectivity index (χ3v) is 2.43. The summed E-state index contributed by atoms with van der Waals surface area (Å²) in [5.41, 5.74) is 2.19. The van der Waals surface area contributed by atoms with Gasteiger partial charge in [0.1, 0.15) is 0 Å². The fraction of sp³-hybridized carbons (Fsp3) is 0.300. The molecule has 4 heteroatoms. The number of halogens is 1. The van der Waals surface area contributed by atoms with Crippen LogP contribution in [-0.4, -0.2) is 24.5 Å². The molecular formula is C10H13BrN2O. The lowest BCUT2D eigenvalue weighted by molar-refractivity contribution is 0.307. The molecule has 1 aromatic rings. The predicted octanol–water partition coefficient (Wildman–Crippen LogP) is 2.24. The molecule has 1 aromatic carbocycles. The molecule has 76 valence electrons. The van der Waals surface area contributed by atoms with Crippen LogP contribution in [0.4, 0.5) is 5.69 Å². The summed E-state index contributed by atoms with van der Waals surface area (Å²) in [6, 6.07) is 5.68. The molecule has 0 aliphatic carbocycles. The van der Waals surface area contributed by atoms with E-state index in [0.29, 0.717) is 12.1 Å². The number of hydrogen-bond donors (Lipinski definition) is 3. The highest BCUT2D eigenvalue weighted by Gasteiger charge is 2.06. The van der Waals surface area contributed by atoms with E-state index in [2.05, 4.69) is 21.2 Å². The molecule has 0 atom stereocenters. The number of aliphatic hydroxyl groups is 1. The highest BCUT2D eigenvalue weighted by atomic mass is 79.9. The van der Waals surface area contributed by atoms with Crippen LogP contribution in [0.2, 0.25) is 0 Å². The van der Waals surface area contributed by atoms with Crippen LogP contribution in [0.1, 0.15) is 12.0 Å². The van der Waals surface area contributed by atoms with E-state index in [-0.39, 0.29) is 6.61 Å². The van der Waals surface area contributed by atoms with Gasteiger partial charge < -0.3 is 15.8 Å². The van der Waals surface area contributed by atoms with Crippen LogP contribution in [0.15, 0.2) is 22.7 Å². The van der Waals surface area contributed by atoms with Gasteiger partial charge in [0.25, 0.3) is 0 Å². The molecule has 0 aliphatic rings. The number of hydrogen-bond acceptors (Lipinski definition) is 3. The molecule has 0 heterocycles. The molecule has 0 aliphatic heterocycles. The standard InChI is InChI=1S/C10H13BrN2O/c1-13-10-6-7(11)2-3-8(10)9(12)4-5-14/h2-3,6,12-14H,4-5H2,1H3. The van der Waals surface area contributed by atoms with Gasteiger partial charge >= 0.3 is 0 Å². The molecule has 0 amide bonds. The molecule has 0 fully saturated rings. The predicted molar refractivity (Wildman–Crippen MR) is 62.2 cm³/mol. The quantitative estimate of drug-likeness (QED) is 0.724. The molecule has 14 heavy (non-hydrogen) atoms. The van der Waals surface area contributed by atoms with Crippen molar-refractivity contribution in [2.45, 2.75) is 6.42 Å². The van der Waals surface area contributed by atoms with Crippen molar-refractivity contribution in [2.24, 2.45) is 0 Å². The highest BCUT2D eigenvalue weighted by molar-refractivity contribution is 9.10. The monoisotopic (exact) mass is 256 g/mol. The number of rotatable bonds is 4. The van der Waals surface area contributed by atoms with Crippen molar-refractivity contribution >= 4 is 27.3 Å². The van der Waals surface area contributed by atoms with Crippen molar-refractivity contribution < 1.29 is 5.11 Å². The van der Waals surface area contributed by atoms with Crippen LogP contribution >= 0.6 is 15.9 Å². The summed E-state index contributed by atoms with van der Waals surface area (Å²) in [6.07, 6.45) is 0.385. The second-order valence-electron chi connectivity index (χ2n) is 2.89. The van der Waals surface area contributed by atoms with Gasteiger partial charge in [0.05, 0.1) is 0 Å². The van der Waals surface area contributed by atoms with Crippen molar-refractivity contribution in [3.05, 3.63) is 28.2 Å². The van der Waals surface area contributed by atoms with Crippen LogP contribution in [0.25, 0.3) is 0 Å². The van der Waals surface area contributed by atoms with Crippen molar-refractivity contribution in [1.82, 2.24) is 0 Å². The number of benzene rings is 1. The Morgan fingerprint density at radius 2 is 2.29 bits per heavy atom. The van der Waals surface area contributed by atoms with Gasteiger partial charge in [-0.3, -0.25) is 0 Å². The van der Waals surface area contributed by atoms with Gasteiger partial charge in [-0.15, -0.1) is 0 Å². The largest absolute Gasteiger partial charge is 0.396 e. The first-order valence-corrected chi connectivity index (χ1v) is 5.14. The summed E-state index contributed by atoms with van der Waals surface area (Å²) < 4.78 is 0.974. The minimum Gasteiger partial charge on any atom is -0.396 e. The maximum absolute atomic E-state index is 8.75. The second-order valence-corrected chi connectivity index (χ2v) is 3.81. The minimum atomic E-state index is 0.0120.